The third kappa shape index (κ3) is 7.21. The molecule has 0 heterocycles. The van der Waals surface area contributed by atoms with Crippen LogP contribution < -0.4 is 9.47 Å². The second-order valence-electron chi connectivity index (χ2n) is 8.76. The van der Waals surface area contributed by atoms with E-state index in [1.165, 1.54) is 7.11 Å². The summed E-state index contributed by atoms with van der Waals surface area (Å²) in [5, 5.41) is 19.3. The Bertz CT molecular complexity index is 1040. The van der Waals surface area contributed by atoms with Gasteiger partial charge in [0.05, 0.1) is 41.2 Å². The molecule has 204 valence electrons. The average Bonchev–Trinajstić information content (AvgIpc) is 2.93. The summed E-state index contributed by atoms with van der Waals surface area (Å²) in [6.45, 7) is 2.53. The molecule has 9 heteroatoms. The molecule has 2 aromatic carbocycles. The zero-order chi connectivity index (χ0) is 27.4. The van der Waals surface area contributed by atoms with Crippen molar-refractivity contribution in [3.63, 3.8) is 0 Å². The fourth-order valence-electron chi connectivity index (χ4n) is 4.37. The van der Waals surface area contributed by atoms with Crippen LogP contribution in [0.4, 0.5) is 0 Å². The van der Waals surface area contributed by atoms with Gasteiger partial charge in [0.1, 0.15) is 0 Å². The van der Waals surface area contributed by atoms with Crippen LogP contribution in [0, 0.1) is 0 Å². The molecule has 0 bridgehead atoms. The molecule has 2 rings (SSSR count). The van der Waals surface area contributed by atoms with E-state index in [-0.39, 0.29) is 26.2 Å². The molecule has 2 aromatic rings. The maximum atomic E-state index is 13.2. The minimum Gasteiger partial charge on any atom is -0.493 e. The molecular weight excluding hydrogens is 478 g/mol. The van der Waals surface area contributed by atoms with Crippen LogP contribution in [-0.2, 0) is 44.1 Å². The van der Waals surface area contributed by atoms with Crippen molar-refractivity contribution in [2.45, 2.75) is 44.8 Å². The van der Waals surface area contributed by atoms with Gasteiger partial charge in [-0.2, -0.15) is 0 Å². The van der Waals surface area contributed by atoms with Crippen molar-refractivity contribution in [1.82, 2.24) is 4.90 Å². The van der Waals surface area contributed by atoms with Crippen molar-refractivity contribution in [3.8, 4) is 11.5 Å². The van der Waals surface area contributed by atoms with Gasteiger partial charge in [0.2, 0.25) is 0 Å². The molecule has 37 heavy (non-hydrogen) atoms. The maximum Gasteiger partial charge on any atom is 0.328 e. The first-order chi connectivity index (χ1) is 17.8. The number of hydrogen-bond acceptors (Lipinski definition) is 9. The first-order valence-electron chi connectivity index (χ1n) is 12.3. The van der Waals surface area contributed by atoms with E-state index in [9.17, 15) is 19.8 Å². The predicted molar refractivity (Wildman–Crippen MR) is 139 cm³/mol. The number of nitrogens with zero attached hydrogens (tertiary/aromatic N) is 1. The maximum absolute atomic E-state index is 13.2. The molecule has 0 radical (unpaired) electrons. The van der Waals surface area contributed by atoms with E-state index in [4.69, 9.17) is 18.9 Å². The molecule has 9 nitrogen and oxygen atoms in total. The van der Waals surface area contributed by atoms with Crippen molar-refractivity contribution in [1.29, 1.82) is 0 Å². The monoisotopic (exact) mass is 517 g/mol. The van der Waals surface area contributed by atoms with E-state index in [0.717, 1.165) is 18.5 Å². The summed E-state index contributed by atoms with van der Waals surface area (Å²) >= 11 is 0. The Labute approximate surface area is 218 Å². The third-order valence-electron chi connectivity index (χ3n) is 6.52. The molecule has 2 N–H and O–H groups in total. The summed E-state index contributed by atoms with van der Waals surface area (Å²) in [5.74, 6) is -0.0708. The van der Waals surface area contributed by atoms with Crippen LogP contribution in [0.3, 0.4) is 0 Å². The number of carbonyl (C=O) groups is 2. The SMILES string of the molecule is CCOC(=O)C(CCCN(C)CCc1ccc(OC)c(OC)c1)(C(=O)OC)c1ccc(CO)c(CO)c1. The number of aliphatic hydroxyl groups is 2. The molecule has 0 saturated carbocycles. The second-order valence-corrected chi connectivity index (χ2v) is 8.76. The average molecular weight is 518 g/mol. The summed E-state index contributed by atoms with van der Waals surface area (Å²) in [7, 11) is 6.42. The summed E-state index contributed by atoms with van der Waals surface area (Å²) in [5.41, 5.74) is 0.730. The summed E-state index contributed by atoms with van der Waals surface area (Å²) in [6, 6.07) is 10.6. The van der Waals surface area contributed by atoms with Gasteiger partial charge >= 0.3 is 11.9 Å². The van der Waals surface area contributed by atoms with Crippen LogP contribution in [0.25, 0.3) is 0 Å². The Morgan fingerprint density at radius 2 is 1.59 bits per heavy atom. The molecule has 1 atom stereocenters. The molecule has 0 spiro atoms. The van der Waals surface area contributed by atoms with Crippen LogP contribution in [0.2, 0.25) is 0 Å². The van der Waals surface area contributed by atoms with E-state index in [2.05, 4.69) is 4.90 Å². The highest BCUT2D eigenvalue weighted by Gasteiger charge is 2.50. The Morgan fingerprint density at radius 3 is 2.19 bits per heavy atom. The Balaban J connectivity index is 2.21. The topological polar surface area (TPSA) is 115 Å². The van der Waals surface area contributed by atoms with Gasteiger partial charge in [-0.15, -0.1) is 0 Å². The molecule has 0 aromatic heterocycles. The number of ether oxygens (including phenoxy) is 4. The highest BCUT2D eigenvalue weighted by molar-refractivity contribution is 6.06. The molecule has 0 saturated heterocycles. The van der Waals surface area contributed by atoms with Crippen molar-refractivity contribution >= 4 is 11.9 Å². The van der Waals surface area contributed by atoms with E-state index >= 15 is 0 Å². The van der Waals surface area contributed by atoms with Crippen molar-refractivity contribution in [3.05, 3.63) is 58.7 Å². The van der Waals surface area contributed by atoms with Crippen molar-refractivity contribution in [2.75, 3.05) is 48.1 Å². The lowest BCUT2D eigenvalue weighted by Crippen LogP contribution is -2.46. The van der Waals surface area contributed by atoms with Gasteiger partial charge in [0.25, 0.3) is 0 Å². The zero-order valence-electron chi connectivity index (χ0n) is 22.4. The lowest BCUT2D eigenvalue weighted by Gasteiger charge is -2.30. The van der Waals surface area contributed by atoms with Crippen molar-refractivity contribution in [2.24, 2.45) is 0 Å². The number of hydrogen-bond donors (Lipinski definition) is 2. The number of aliphatic hydroxyl groups excluding tert-OH is 2. The number of benzene rings is 2. The summed E-state index contributed by atoms with van der Waals surface area (Å²) < 4.78 is 21.1. The molecule has 0 aliphatic carbocycles. The largest absolute Gasteiger partial charge is 0.493 e. The van der Waals surface area contributed by atoms with Gasteiger partial charge in [-0.05, 0) is 74.2 Å². The fraction of sp³-hybridized carbons (Fsp3) is 0.500. The minimum absolute atomic E-state index is 0.102. The number of methoxy groups -OCH3 is 3. The molecule has 0 fully saturated rings. The van der Waals surface area contributed by atoms with Crippen LogP contribution >= 0.6 is 0 Å². The minimum atomic E-state index is -1.69. The lowest BCUT2D eigenvalue weighted by molar-refractivity contribution is -0.164. The third-order valence-corrected chi connectivity index (χ3v) is 6.52. The molecular formula is C28H39NO8. The predicted octanol–water partition coefficient (Wildman–Crippen LogP) is 2.62. The normalized spacial score (nSPS) is 12.6. The van der Waals surface area contributed by atoms with Gasteiger partial charge in [-0.1, -0.05) is 24.3 Å². The zero-order valence-corrected chi connectivity index (χ0v) is 22.4. The van der Waals surface area contributed by atoms with E-state index in [0.29, 0.717) is 41.2 Å². The first-order valence-corrected chi connectivity index (χ1v) is 12.3. The molecule has 1 unspecified atom stereocenters. The lowest BCUT2D eigenvalue weighted by atomic mass is 9.75. The van der Waals surface area contributed by atoms with Crippen LogP contribution in [0.1, 0.15) is 42.0 Å². The Hall–Kier alpha value is -3.14. The Kier molecular flexibility index (Phi) is 11.8. The van der Waals surface area contributed by atoms with E-state index in [1.807, 2.05) is 25.2 Å². The summed E-state index contributed by atoms with van der Waals surface area (Å²) in [6.07, 6.45) is 1.44. The quantitative estimate of drug-likeness (QED) is 0.272. The molecule has 0 amide bonds. The second kappa shape index (κ2) is 14.6. The number of likely N-dealkylation sites (N-methyl/N-ethyl adjacent to an activating group) is 1. The van der Waals surface area contributed by atoms with Crippen LogP contribution in [0.15, 0.2) is 36.4 Å². The van der Waals surface area contributed by atoms with Gasteiger partial charge in [-0.3, -0.25) is 9.59 Å². The molecule has 0 aliphatic rings. The van der Waals surface area contributed by atoms with Gasteiger partial charge in [-0.25, -0.2) is 0 Å². The van der Waals surface area contributed by atoms with E-state index in [1.54, 1.807) is 39.3 Å². The summed E-state index contributed by atoms with van der Waals surface area (Å²) in [4.78, 5) is 28.5. The number of esters is 2. The smallest absolute Gasteiger partial charge is 0.328 e. The van der Waals surface area contributed by atoms with Gasteiger partial charge in [0, 0.05) is 6.54 Å². The van der Waals surface area contributed by atoms with Crippen LogP contribution in [-0.4, -0.2) is 75.1 Å². The highest BCUT2D eigenvalue weighted by atomic mass is 16.6. The number of rotatable bonds is 15. The highest BCUT2D eigenvalue weighted by Crippen LogP contribution is 2.35. The Morgan fingerprint density at radius 1 is 0.892 bits per heavy atom. The van der Waals surface area contributed by atoms with Crippen LogP contribution in [0.5, 0.6) is 11.5 Å². The fourth-order valence-corrected chi connectivity index (χ4v) is 4.37. The first kappa shape index (κ1) is 30.1. The standard InChI is InChI=1S/C28H39NO8/c1-6-37-27(33)28(26(32)36-5,23-10-9-21(18-30)22(17-23)19-31)13-7-14-29(2)15-12-20-8-11-24(34-3)25(16-20)35-4/h8-11,16-17,30-31H,6-7,12-15,18-19H2,1-5H3. The van der Waals surface area contributed by atoms with Gasteiger partial charge < -0.3 is 34.1 Å². The van der Waals surface area contributed by atoms with Crippen molar-refractivity contribution < 1.29 is 38.7 Å². The van der Waals surface area contributed by atoms with E-state index < -0.39 is 17.4 Å². The van der Waals surface area contributed by atoms with Gasteiger partial charge in [0.15, 0.2) is 16.9 Å². The molecule has 0 aliphatic heterocycles. The number of carbonyl (C=O) groups excluding carboxylic acids is 2.